The molecule has 2 amide bonds. The Hall–Kier alpha value is -3.93. The molecule has 0 saturated heterocycles. The lowest BCUT2D eigenvalue weighted by atomic mass is 9.85. The van der Waals surface area contributed by atoms with E-state index in [1.54, 1.807) is 6.20 Å². The number of aryl methyl sites for hydroxylation is 2. The highest BCUT2D eigenvalue weighted by molar-refractivity contribution is 6.01. The first-order valence-corrected chi connectivity index (χ1v) is 12.7. The van der Waals surface area contributed by atoms with Crippen LogP contribution in [0.1, 0.15) is 52.1 Å². The van der Waals surface area contributed by atoms with Crippen LogP contribution in [0, 0.1) is 19.8 Å². The van der Waals surface area contributed by atoms with Crippen LogP contribution in [-0.2, 0) is 17.8 Å². The maximum atomic E-state index is 13.3. The second kappa shape index (κ2) is 10.4. The quantitative estimate of drug-likeness (QED) is 0.354. The highest BCUT2D eigenvalue weighted by atomic mass is 16.2. The summed E-state index contributed by atoms with van der Waals surface area (Å²) in [4.78, 5) is 30.2. The smallest absolute Gasteiger partial charge is 0.267 e. The fourth-order valence-corrected chi connectivity index (χ4v) is 4.70. The van der Waals surface area contributed by atoms with E-state index in [9.17, 15) is 9.59 Å². The maximum Gasteiger partial charge on any atom is 0.267 e. The monoisotopic (exact) mass is 480 g/mol. The summed E-state index contributed by atoms with van der Waals surface area (Å²) < 4.78 is 2.07. The van der Waals surface area contributed by atoms with Gasteiger partial charge in [-0.05, 0) is 74.2 Å². The number of carbonyl (C=O) groups excluding carboxylic acids is 2. The number of fused-ring (bicyclic) bond motifs is 1. The molecule has 0 spiro atoms. The van der Waals surface area contributed by atoms with Crippen molar-refractivity contribution in [3.63, 3.8) is 0 Å². The van der Waals surface area contributed by atoms with Crippen LogP contribution in [0.25, 0.3) is 10.9 Å². The Bertz CT molecular complexity index is 1400. The van der Waals surface area contributed by atoms with E-state index < -0.39 is 0 Å². The highest BCUT2D eigenvalue weighted by Gasteiger charge is 2.25. The van der Waals surface area contributed by atoms with Crippen molar-refractivity contribution in [1.82, 2.24) is 14.9 Å². The van der Waals surface area contributed by atoms with Crippen LogP contribution in [0.5, 0.6) is 0 Å². The van der Waals surface area contributed by atoms with E-state index in [1.165, 1.54) is 16.7 Å². The number of nitrogens with zero attached hydrogens (tertiary/aromatic N) is 2. The largest absolute Gasteiger partial charge is 0.350 e. The molecule has 2 heterocycles. The number of hydrogen-bond acceptors (Lipinski definition) is 3. The Morgan fingerprint density at radius 3 is 2.64 bits per heavy atom. The SMILES string of the molecule is Cc1ccc(C)c(Cn2c(C(=O)NCCc3ccccn3)cc3cc(NC(=O)C4CCC4)ccc32)c1. The van der Waals surface area contributed by atoms with E-state index in [2.05, 4.69) is 52.2 Å². The summed E-state index contributed by atoms with van der Waals surface area (Å²) in [5.41, 5.74) is 6.84. The standard InChI is InChI=1S/C30H32N4O2/c1-20-9-10-21(2)24(16-20)19-34-27-12-11-26(33-29(35)22-6-5-7-22)17-23(27)18-28(34)30(36)32-15-13-25-8-3-4-14-31-25/h3-4,8-12,14,16-18,22H,5-7,13,15,19H2,1-2H3,(H,32,36)(H,33,35). The summed E-state index contributed by atoms with van der Waals surface area (Å²) in [5, 5.41) is 7.06. The summed E-state index contributed by atoms with van der Waals surface area (Å²) in [5.74, 6) is 0.0884. The van der Waals surface area contributed by atoms with E-state index >= 15 is 0 Å². The van der Waals surface area contributed by atoms with Gasteiger partial charge >= 0.3 is 0 Å². The van der Waals surface area contributed by atoms with Crippen molar-refractivity contribution in [2.75, 3.05) is 11.9 Å². The van der Waals surface area contributed by atoms with Gasteiger partial charge in [0.05, 0.1) is 0 Å². The van der Waals surface area contributed by atoms with Gasteiger partial charge in [0.2, 0.25) is 5.91 Å². The zero-order valence-electron chi connectivity index (χ0n) is 20.9. The van der Waals surface area contributed by atoms with Crippen LogP contribution in [0.4, 0.5) is 5.69 Å². The topological polar surface area (TPSA) is 76.0 Å². The van der Waals surface area contributed by atoms with Gasteiger partial charge < -0.3 is 15.2 Å². The van der Waals surface area contributed by atoms with Gasteiger partial charge in [0.15, 0.2) is 0 Å². The van der Waals surface area contributed by atoms with Crippen molar-refractivity contribution in [2.45, 2.75) is 46.1 Å². The number of nitrogens with one attached hydrogen (secondary N) is 2. The van der Waals surface area contributed by atoms with Gasteiger partial charge in [-0.15, -0.1) is 0 Å². The molecule has 0 atom stereocenters. The summed E-state index contributed by atoms with van der Waals surface area (Å²) in [6, 6.07) is 20.0. The molecule has 4 aromatic rings. The number of carbonyl (C=O) groups is 2. The summed E-state index contributed by atoms with van der Waals surface area (Å²) in [7, 11) is 0. The third-order valence-corrected chi connectivity index (χ3v) is 7.10. The minimum Gasteiger partial charge on any atom is -0.350 e. The summed E-state index contributed by atoms with van der Waals surface area (Å²) in [6.07, 6.45) is 5.48. The van der Waals surface area contributed by atoms with E-state index in [4.69, 9.17) is 0 Å². The molecule has 6 heteroatoms. The molecule has 0 unspecified atom stereocenters. The number of hydrogen-bond donors (Lipinski definition) is 2. The molecule has 0 bridgehead atoms. The first-order chi connectivity index (χ1) is 17.5. The predicted molar refractivity (Wildman–Crippen MR) is 143 cm³/mol. The minimum absolute atomic E-state index is 0.0860. The number of anilines is 1. The molecular formula is C30H32N4O2. The van der Waals surface area contributed by atoms with Crippen molar-refractivity contribution in [3.05, 3.63) is 94.9 Å². The van der Waals surface area contributed by atoms with Gasteiger partial charge in [-0.1, -0.05) is 36.2 Å². The number of rotatable bonds is 8. The van der Waals surface area contributed by atoms with Crippen LogP contribution in [-0.4, -0.2) is 27.9 Å². The molecule has 2 aromatic carbocycles. The number of amides is 2. The first-order valence-electron chi connectivity index (χ1n) is 12.7. The lowest BCUT2D eigenvalue weighted by molar-refractivity contribution is -0.122. The van der Waals surface area contributed by atoms with Gasteiger partial charge in [-0.3, -0.25) is 14.6 Å². The van der Waals surface area contributed by atoms with Crippen molar-refractivity contribution in [1.29, 1.82) is 0 Å². The normalized spacial score (nSPS) is 13.4. The Balaban J connectivity index is 1.43. The van der Waals surface area contributed by atoms with Gasteiger partial charge in [0.1, 0.15) is 5.69 Å². The van der Waals surface area contributed by atoms with Crippen molar-refractivity contribution < 1.29 is 9.59 Å². The number of pyridine rings is 1. The van der Waals surface area contributed by atoms with E-state index in [0.29, 0.717) is 25.2 Å². The van der Waals surface area contributed by atoms with Crippen LogP contribution in [0.3, 0.4) is 0 Å². The average Bonchev–Trinajstić information content (AvgIpc) is 3.18. The number of aromatic nitrogens is 2. The van der Waals surface area contributed by atoms with E-state index in [-0.39, 0.29) is 17.7 Å². The molecular weight excluding hydrogens is 448 g/mol. The first kappa shape index (κ1) is 23.8. The van der Waals surface area contributed by atoms with Crippen molar-refractivity contribution in [3.8, 4) is 0 Å². The molecule has 6 nitrogen and oxygen atoms in total. The summed E-state index contributed by atoms with van der Waals surface area (Å²) in [6.45, 7) is 5.28. The lowest BCUT2D eigenvalue weighted by Crippen LogP contribution is -2.28. The van der Waals surface area contributed by atoms with Crippen LogP contribution >= 0.6 is 0 Å². The van der Waals surface area contributed by atoms with E-state index in [0.717, 1.165) is 41.5 Å². The Morgan fingerprint density at radius 1 is 1.03 bits per heavy atom. The van der Waals surface area contributed by atoms with Gasteiger partial charge in [-0.2, -0.15) is 0 Å². The molecule has 1 aliphatic rings. The van der Waals surface area contributed by atoms with Crippen LogP contribution in [0.2, 0.25) is 0 Å². The summed E-state index contributed by atoms with van der Waals surface area (Å²) >= 11 is 0. The minimum atomic E-state index is -0.118. The average molecular weight is 481 g/mol. The highest BCUT2D eigenvalue weighted by Crippen LogP contribution is 2.29. The maximum absolute atomic E-state index is 13.3. The Kier molecular flexibility index (Phi) is 6.85. The predicted octanol–water partition coefficient (Wildman–Crippen LogP) is 5.41. The molecule has 0 aliphatic heterocycles. The molecule has 2 N–H and O–H groups in total. The Labute approximate surface area is 211 Å². The molecule has 2 aromatic heterocycles. The van der Waals surface area contributed by atoms with Crippen molar-refractivity contribution in [2.24, 2.45) is 5.92 Å². The number of benzene rings is 2. The second-order valence-corrected chi connectivity index (χ2v) is 9.76. The second-order valence-electron chi connectivity index (χ2n) is 9.76. The molecule has 184 valence electrons. The van der Waals surface area contributed by atoms with E-state index in [1.807, 2.05) is 42.5 Å². The fraction of sp³-hybridized carbons (Fsp3) is 0.300. The molecule has 1 aliphatic carbocycles. The fourth-order valence-electron chi connectivity index (χ4n) is 4.70. The third kappa shape index (κ3) is 5.18. The molecule has 5 rings (SSSR count). The van der Waals surface area contributed by atoms with Gasteiger partial charge in [-0.25, -0.2) is 0 Å². The third-order valence-electron chi connectivity index (χ3n) is 7.10. The van der Waals surface area contributed by atoms with Gasteiger partial charge in [0, 0.05) is 53.9 Å². The van der Waals surface area contributed by atoms with Crippen LogP contribution in [0.15, 0.2) is 66.9 Å². The molecule has 36 heavy (non-hydrogen) atoms. The van der Waals surface area contributed by atoms with Crippen LogP contribution < -0.4 is 10.6 Å². The molecule has 0 radical (unpaired) electrons. The lowest BCUT2D eigenvalue weighted by Gasteiger charge is -2.24. The molecule has 1 fully saturated rings. The van der Waals surface area contributed by atoms with Crippen molar-refractivity contribution >= 4 is 28.4 Å². The zero-order valence-corrected chi connectivity index (χ0v) is 20.9. The van der Waals surface area contributed by atoms with Gasteiger partial charge in [0.25, 0.3) is 5.91 Å². The zero-order chi connectivity index (χ0) is 25.1. The Morgan fingerprint density at radius 2 is 1.89 bits per heavy atom. The molecule has 1 saturated carbocycles.